The Bertz CT molecular complexity index is 537. The number of methoxy groups -OCH3 is 1. The van der Waals surface area contributed by atoms with Crippen LogP contribution in [0.5, 0.6) is 5.75 Å². The van der Waals surface area contributed by atoms with E-state index >= 15 is 0 Å². The molecule has 1 atom stereocenters. The van der Waals surface area contributed by atoms with Crippen molar-refractivity contribution in [3.05, 3.63) is 29.3 Å². The van der Waals surface area contributed by atoms with E-state index in [1.54, 1.807) is 12.1 Å². The molecule has 5 nitrogen and oxygen atoms in total. The van der Waals surface area contributed by atoms with Crippen LogP contribution in [0.2, 0.25) is 0 Å². The maximum Gasteiger partial charge on any atom is 0.335 e. The molecule has 0 heterocycles. The lowest BCUT2D eigenvalue weighted by atomic mass is 10.0. The number of benzene rings is 1. The smallest absolute Gasteiger partial charge is 0.335 e. The minimum atomic E-state index is -0.980. The van der Waals surface area contributed by atoms with Crippen molar-refractivity contribution in [1.82, 2.24) is 5.32 Å². The molecule has 2 N–H and O–H groups in total. The summed E-state index contributed by atoms with van der Waals surface area (Å²) in [7, 11) is 1.51. The van der Waals surface area contributed by atoms with Gasteiger partial charge < -0.3 is 15.2 Å². The lowest BCUT2D eigenvalue weighted by Crippen LogP contribution is -2.31. The van der Waals surface area contributed by atoms with Crippen LogP contribution in [0.4, 0.5) is 0 Å². The molecule has 0 bridgehead atoms. The van der Waals surface area contributed by atoms with E-state index in [9.17, 15) is 9.59 Å². The quantitative estimate of drug-likeness (QED) is 0.806. The van der Waals surface area contributed by atoms with E-state index in [0.29, 0.717) is 24.6 Å². The second-order valence-corrected chi connectivity index (χ2v) is 5.50. The first kappa shape index (κ1) is 15.4. The van der Waals surface area contributed by atoms with Crippen LogP contribution in [0.1, 0.15) is 35.7 Å². The van der Waals surface area contributed by atoms with Gasteiger partial charge in [-0.1, -0.05) is 13.0 Å². The SMILES string of the molecule is COc1cc(C(=O)O)ccc1CCNC(=O)C(C)C1CC1. The molecule has 0 aromatic heterocycles. The number of carboxylic acid groups (broad SMARTS) is 1. The van der Waals surface area contributed by atoms with Crippen molar-refractivity contribution in [1.29, 1.82) is 0 Å². The lowest BCUT2D eigenvalue weighted by molar-refractivity contribution is -0.125. The van der Waals surface area contributed by atoms with Crippen LogP contribution in [0.25, 0.3) is 0 Å². The van der Waals surface area contributed by atoms with Crippen molar-refractivity contribution in [2.24, 2.45) is 11.8 Å². The Morgan fingerprint density at radius 3 is 2.71 bits per heavy atom. The maximum absolute atomic E-state index is 11.9. The van der Waals surface area contributed by atoms with Crippen molar-refractivity contribution < 1.29 is 19.4 Å². The number of hydrogen-bond acceptors (Lipinski definition) is 3. The molecular weight excluding hydrogens is 270 g/mol. The van der Waals surface area contributed by atoms with Gasteiger partial charge in [0.1, 0.15) is 5.75 Å². The first-order chi connectivity index (χ1) is 10.0. The third kappa shape index (κ3) is 3.97. The summed E-state index contributed by atoms with van der Waals surface area (Å²) in [5.74, 6) is 0.292. The molecule has 2 rings (SSSR count). The molecule has 1 unspecified atom stereocenters. The number of carboxylic acids is 1. The normalized spacial score (nSPS) is 15.3. The Balaban J connectivity index is 1.90. The third-order valence-corrected chi connectivity index (χ3v) is 3.97. The summed E-state index contributed by atoms with van der Waals surface area (Å²) in [6, 6.07) is 4.79. The average Bonchev–Trinajstić information content (AvgIpc) is 3.30. The molecular formula is C16H21NO4. The maximum atomic E-state index is 11.9. The van der Waals surface area contributed by atoms with Gasteiger partial charge in [0.05, 0.1) is 12.7 Å². The molecule has 1 aliphatic rings. The highest BCUT2D eigenvalue weighted by Gasteiger charge is 2.32. The van der Waals surface area contributed by atoms with Crippen molar-refractivity contribution in [2.45, 2.75) is 26.2 Å². The number of amides is 1. The van der Waals surface area contributed by atoms with Gasteiger partial charge in [0.2, 0.25) is 5.91 Å². The van der Waals surface area contributed by atoms with Gasteiger partial charge in [-0.15, -0.1) is 0 Å². The summed E-state index contributed by atoms with van der Waals surface area (Å²) in [6.45, 7) is 2.49. The second-order valence-electron chi connectivity index (χ2n) is 5.50. The zero-order valence-electron chi connectivity index (χ0n) is 12.4. The van der Waals surface area contributed by atoms with Gasteiger partial charge in [-0.05, 0) is 42.9 Å². The van der Waals surface area contributed by atoms with Crippen LogP contribution in [0, 0.1) is 11.8 Å². The molecule has 0 radical (unpaired) electrons. The molecule has 0 aliphatic heterocycles. The van der Waals surface area contributed by atoms with Gasteiger partial charge in [0, 0.05) is 12.5 Å². The Hall–Kier alpha value is -2.04. The average molecular weight is 291 g/mol. The first-order valence-electron chi connectivity index (χ1n) is 7.21. The van der Waals surface area contributed by atoms with Crippen molar-refractivity contribution in [2.75, 3.05) is 13.7 Å². The van der Waals surface area contributed by atoms with Crippen molar-refractivity contribution >= 4 is 11.9 Å². The predicted octanol–water partition coefficient (Wildman–Crippen LogP) is 2.10. The molecule has 0 spiro atoms. The minimum absolute atomic E-state index is 0.0845. The first-order valence-corrected chi connectivity index (χ1v) is 7.21. The molecule has 1 aromatic carbocycles. The topological polar surface area (TPSA) is 75.6 Å². The number of hydrogen-bond donors (Lipinski definition) is 2. The van der Waals surface area contributed by atoms with Crippen molar-refractivity contribution in [3.8, 4) is 5.75 Å². The minimum Gasteiger partial charge on any atom is -0.496 e. The van der Waals surface area contributed by atoms with Gasteiger partial charge in [-0.25, -0.2) is 4.79 Å². The lowest BCUT2D eigenvalue weighted by Gasteiger charge is -2.13. The molecule has 1 fully saturated rings. The summed E-state index contributed by atoms with van der Waals surface area (Å²) in [5.41, 5.74) is 1.09. The van der Waals surface area contributed by atoms with E-state index in [0.717, 1.165) is 18.4 Å². The highest BCUT2D eigenvalue weighted by molar-refractivity contribution is 5.88. The molecule has 1 amide bonds. The second kappa shape index (κ2) is 6.61. The number of carbonyl (C=O) groups is 2. The standard InChI is InChI=1S/C16H21NO4/c1-10(11-3-4-11)15(18)17-8-7-12-5-6-13(16(19)20)9-14(12)21-2/h5-6,9-11H,3-4,7-8H2,1-2H3,(H,17,18)(H,19,20). The van der Waals surface area contributed by atoms with E-state index in [2.05, 4.69) is 5.32 Å². The predicted molar refractivity (Wildman–Crippen MR) is 78.6 cm³/mol. The zero-order chi connectivity index (χ0) is 15.4. The summed E-state index contributed by atoms with van der Waals surface area (Å²) < 4.78 is 5.21. The molecule has 0 saturated heterocycles. The van der Waals surface area contributed by atoms with Crippen LogP contribution in [-0.2, 0) is 11.2 Å². The fourth-order valence-corrected chi connectivity index (χ4v) is 2.38. The van der Waals surface area contributed by atoms with Gasteiger partial charge in [-0.2, -0.15) is 0 Å². The molecule has 5 heteroatoms. The van der Waals surface area contributed by atoms with E-state index in [-0.39, 0.29) is 17.4 Å². The summed E-state index contributed by atoms with van der Waals surface area (Å²) >= 11 is 0. The molecule has 1 aromatic rings. The molecule has 114 valence electrons. The van der Waals surface area contributed by atoms with Crippen LogP contribution >= 0.6 is 0 Å². The molecule has 21 heavy (non-hydrogen) atoms. The number of aromatic carboxylic acids is 1. The Kier molecular flexibility index (Phi) is 4.83. The zero-order valence-corrected chi connectivity index (χ0v) is 12.4. The molecule has 1 aliphatic carbocycles. The summed E-state index contributed by atoms with van der Waals surface area (Å²) in [5, 5.41) is 11.9. The van der Waals surface area contributed by atoms with Gasteiger partial charge in [0.25, 0.3) is 0 Å². The van der Waals surface area contributed by atoms with E-state index in [1.165, 1.54) is 13.2 Å². The third-order valence-electron chi connectivity index (χ3n) is 3.97. The number of carbonyl (C=O) groups excluding carboxylic acids is 1. The van der Waals surface area contributed by atoms with Crippen LogP contribution in [-0.4, -0.2) is 30.6 Å². The monoisotopic (exact) mass is 291 g/mol. The number of nitrogens with one attached hydrogen (secondary N) is 1. The number of rotatable bonds is 7. The summed E-state index contributed by atoms with van der Waals surface area (Å²) in [4.78, 5) is 22.8. The van der Waals surface area contributed by atoms with E-state index in [1.807, 2.05) is 6.92 Å². The Morgan fingerprint density at radius 1 is 1.43 bits per heavy atom. The Labute approximate surface area is 124 Å². The van der Waals surface area contributed by atoms with Crippen LogP contribution < -0.4 is 10.1 Å². The van der Waals surface area contributed by atoms with Gasteiger partial charge in [-0.3, -0.25) is 4.79 Å². The van der Waals surface area contributed by atoms with Gasteiger partial charge in [0.15, 0.2) is 0 Å². The number of ether oxygens (including phenoxy) is 1. The fourth-order valence-electron chi connectivity index (χ4n) is 2.38. The van der Waals surface area contributed by atoms with E-state index in [4.69, 9.17) is 9.84 Å². The van der Waals surface area contributed by atoms with Gasteiger partial charge >= 0.3 is 5.97 Å². The van der Waals surface area contributed by atoms with Crippen LogP contribution in [0.3, 0.4) is 0 Å². The van der Waals surface area contributed by atoms with E-state index < -0.39 is 5.97 Å². The molecule has 1 saturated carbocycles. The van der Waals surface area contributed by atoms with Crippen LogP contribution in [0.15, 0.2) is 18.2 Å². The Morgan fingerprint density at radius 2 is 2.14 bits per heavy atom. The highest BCUT2D eigenvalue weighted by Crippen LogP contribution is 2.36. The largest absolute Gasteiger partial charge is 0.496 e. The fraction of sp³-hybridized carbons (Fsp3) is 0.500. The summed E-state index contributed by atoms with van der Waals surface area (Å²) in [6.07, 6.45) is 2.92. The van der Waals surface area contributed by atoms with Crippen molar-refractivity contribution in [3.63, 3.8) is 0 Å². The highest BCUT2D eigenvalue weighted by atomic mass is 16.5.